The first-order chi connectivity index (χ1) is 10.9. The van der Waals surface area contributed by atoms with E-state index >= 15 is 0 Å². The molecule has 122 valence electrons. The highest BCUT2D eigenvalue weighted by molar-refractivity contribution is 7.73. The fourth-order valence-electron chi connectivity index (χ4n) is 1.83. The number of esters is 1. The number of ether oxygens (including phenoxy) is 1. The second kappa shape index (κ2) is 7.29. The molecule has 2 amide bonds. The number of H-pyrrole nitrogens is 1. The summed E-state index contributed by atoms with van der Waals surface area (Å²) in [7, 11) is 1.22. The van der Waals surface area contributed by atoms with Crippen molar-refractivity contribution in [3.05, 3.63) is 34.0 Å². The monoisotopic (exact) mass is 356 g/mol. The van der Waals surface area contributed by atoms with Crippen LogP contribution in [0.1, 0.15) is 6.92 Å². The maximum absolute atomic E-state index is 13.1. The number of carbonyl (C=O) groups excluding carboxylic acids is 2. The average Bonchev–Trinajstić information content (AvgIpc) is 2.93. The number of nitrogens with one attached hydrogen (secondary N) is 2. The highest BCUT2D eigenvalue weighted by atomic mass is 32.1. The number of anilines is 2. The number of hydrogen-bond donors (Lipinski definition) is 2. The van der Waals surface area contributed by atoms with Crippen molar-refractivity contribution in [2.24, 2.45) is 0 Å². The first-order valence-electron chi connectivity index (χ1n) is 6.41. The molecule has 1 aromatic heterocycles. The predicted molar refractivity (Wildman–Crippen MR) is 86.7 cm³/mol. The highest BCUT2D eigenvalue weighted by Gasteiger charge is 2.28. The Balaban J connectivity index is 2.31. The van der Waals surface area contributed by atoms with Crippen LogP contribution in [0.15, 0.2) is 24.3 Å². The number of halogens is 1. The molecule has 23 heavy (non-hydrogen) atoms. The van der Waals surface area contributed by atoms with E-state index in [1.807, 2.05) is 0 Å². The molecule has 7 nitrogen and oxygen atoms in total. The van der Waals surface area contributed by atoms with Gasteiger partial charge < -0.3 is 4.74 Å². The minimum atomic E-state index is -0.919. The van der Waals surface area contributed by atoms with Gasteiger partial charge in [-0.2, -0.15) is 0 Å². The molecule has 0 aliphatic rings. The topological polar surface area (TPSA) is 87.3 Å². The molecule has 0 saturated carbocycles. The minimum absolute atomic E-state index is 0.254. The highest BCUT2D eigenvalue weighted by Crippen LogP contribution is 2.21. The fraction of sp³-hybridized carbons (Fsp3) is 0.231. The van der Waals surface area contributed by atoms with E-state index in [0.717, 1.165) is 16.2 Å². The normalized spacial score (nSPS) is 11.6. The van der Waals surface area contributed by atoms with Crippen molar-refractivity contribution in [1.29, 1.82) is 0 Å². The molecule has 0 bridgehead atoms. The van der Waals surface area contributed by atoms with Crippen LogP contribution in [-0.4, -0.2) is 35.3 Å². The first kappa shape index (κ1) is 17.0. The zero-order valence-electron chi connectivity index (χ0n) is 12.2. The summed E-state index contributed by atoms with van der Waals surface area (Å²) >= 11 is 5.96. The quantitative estimate of drug-likeness (QED) is 0.650. The molecule has 0 saturated heterocycles. The number of hydrogen-bond acceptors (Lipinski definition) is 6. The molecule has 1 heterocycles. The number of methoxy groups -OCH3 is 1. The number of rotatable bonds is 4. The maximum Gasteiger partial charge on any atom is 0.328 e. The Labute approximate surface area is 140 Å². The van der Waals surface area contributed by atoms with Gasteiger partial charge in [0.2, 0.25) is 5.13 Å². The lowest BCUT2D eigenvalue weighted by molar-refractivity contribution is -0.141. The number of carbonyl (C=O) groups is 2. The van der Waals surface area contributed by atoms with E-state index < -0.39 is 23.9 Å². The molecular weight excluding hydrogens is 343 g/mol. The average molecular weight is 356 g/mol. The van der Waals surface area contributed by atoms with Crippen LogP contribution < -0.4 is 10.2 Å². The fourth-order valence-corrected chi connectivity index (χ4v) is 2.61. The van der Waals surface area contributed by atoms with E-state index in [9.17, 15) is 14.0 Å². The molecule has 0 aliphatic carbocycles. The minimum Gasteiger partial charge on any atom is -0.467 e. The van der Waals surface area contributed by atoms with Gasteiger partial charge in [0, 0.05) is 5.69 Å². The third-order valence-corrected chi connectivity index (χ3v) is 3.91. The Morgan fingerprint density at radius 1 is 1.43 bits per heavy atom. The van der Waals surface area contributed by atoms with E-state index in [-0.39, 0.29) is 5.13 Å². The van der Waals surface area contributed by atoms with Crippen LogP contribution in [0.4, 0.5) is 20.0 Å². The van der Waals surface area contributed by atoms with E-state index in [1.54, 1.807) is 0 Å². The summed E-state index contributed by atoms with van der Waals surface area (Å²) in [4.78, 5) is 25.5. The number of benzene rings is 1. The molecular formula is C13H13FN4O3S2. The van der Waals surface area contributed by atoms with Crippen LogP contribution in [0.3, 0.4) is 0 Å². The smallest absolute Gasteiger partial charge is 0.328 e. The molecule has 2 rings (SSSR count). The van der Waals surface area contributed by atoms with Crippen molar-refractivity contribution >= 4 is 46.4 Å². The second-order valence-electron chi connectivity index (χ2n) is 4.39. The van der Waals surface area contributed by atoms with Gasteiger partial charge in [0.1, 0.15) is 11.9 Å². The van der Waals surface area contributed by atoms with Gasteiger partial charge in [0.05, 0.1) is 7.11 Å². The number of aromatic nitrogens is 2. The van der Waals surface area contributed by atoms with Gasteiger partial charge in [-0.05, 0) is 43.4 Å². The Hall–Kier alpha value is -2.33. The lowest BCUT2D eigenvalue weighted by atomic mass is 10.2. The van der Waals surface area contributed by atoms with Gasteiger partial charge in [-0.25, -0.2) is 14.0 Å². The summed E-state index contributed by atoms with van der Waals surface area (Å²) in [5, 5.41) is 9.14. The molecule has 0 radical (unpaired) electrons. The van der Waals surface area contributed by atoms with E-state index in [2.05, 4.69) is 20.3 Å². The van der Waals surface area contributed by atoms with E-state index in [4.69, 9.17) is 12.2 Å². The molecule has 2 aromatic rings. The summed E-state index contributed by atoms with van der Waals surface area (Å²) < 4.78 is 18.2. The van der Waals surface area contributed by atoms with Gasteiger partial charge >= 0.3 is 12.0 Å². The van der Waals surface area contributed by atoms with Crippen LogP contribution in [0.2, 0.25) is 0 Å². The molecule has 0 spiro atoms. The van der Waals surface area contributed by atoms with Crippen molar-refractivity contribution < 1.29 is 18.7 Å². The lowest BCUT2D eigenvalue weighted by Crippen LogP contribution is -2.46. The lowest BCUT2D eigenvalue weighted by Gasteiger charge is -2.27. The van der Waals surface area contributed by atoms with Crippen LogP contribution in [0.25, 0.3) is 0 Å². The predicted octanol–water partition coefficient (Wildman–Crippen LogP) is 2.94. The standard InChI is InChI=1S/C13H13FN4O3S2/c1-7(10(19)21-2)18(9-5-3-8(14)4-6-9)12(20)15-11-16-17-13(22)23-11/h3-7H,1-2H3,(H,17,22)(H,15,16,20)/t7-/m0/s1. The molecule has 0 unspecified atom stereocenters. The number of amides is 2. The molecule has 0 aliphatic heterocycles. The third kappa shape index (κ3) is 4.11. The summed E-state index contributed by atoms with van der Waals surface area (Å²) in [5.74, 6) is -1.07. The van der Waals surface area contributed by atoms with Crippen molar-refractivity contribution in [1.82, 2.24) is 10.2 Å². The van der Waals surface area contributed by atoms with Crippen LogP contribution in [-0.2, 0) is 9.53 Å². The van der Waals surface area contributed by atoms with E-state index in [1.165, 1.54) is 38.3 Å². The number of nitrogens with zero attached hydrogens (tertiary/aromatic N) is 2. The van der Waals surface area contributed by atoms with Gasteiger partial charge in [-0.1, -0.05) is 11.3 Å². The largest absolute Gasteiger partial charge is 0.467 e. The van der Waals surface area contributed by atoms with Crippen LogP contribution in [0, 0.1) is 9.77 Å². The van der Waals surface area contributed by atoms with Gasteiger partial charge in [-0.15, -0.1) is 5.10 Å². The zero-order valence-corrected chi connectivity index (χ0v) is 13.8. The Kier molecular flexibility index (Phi) is 5.40. The number of aromatic amines is 1. The summed E-state index contributed by atoms with van der Waals surface area (Å²) in [6.07, 6.45) is 0. The maximum atomic E-state index is 13.1. The SMILES string of the molecule is COC(=O)[C@H](C)N(C(=O)Nc1n[nH]c(=S)s1)c1ccc(F)cc1. The Bertz CT molecular complexity index is 759. The number of urea groups is 1. The molecule has 2 N–H and O–H groups in total. The molecule has 10 heteroatoms. The van der Waals surface area contributed by atoms with Crippen molar-refractivity contribution in [2.45, 2.75) is 13.0 Å². The van der Waals surface area contributed by atoms with Crippen molar-refractivity contribution in [3.63, 3.8) is 0 Å². The first-order valence-corrected chi connectivity index (χ1v) is 7.64. The Morgan fingerprint density at radius 3 is 2.61 bits per heavy atom. The van der Waals surface area contributed by atoms with Gasteiger partial charge in [-0.3, -0.25) is 15.3 Å². The van der Waals surface area contributed by atoms with Crippen LogP contribution >= 0.6 is 23.6 Å². The third-order valence-electron chi connectivity index (χ3n) is 2.91. The molecule has 0 fully saturated rings. The van der Waals surface area contributed by atoms with E-state index in [0.29, 0.717) is 9.64 Å². The summed E-state index contributed by atoms with van der Waals surface area (Å²) in [6.45, 7) is 1.50. The molecule has 1 atom stereocenters. The molecule has 1 aromatic carbocycles. The summed E-state index contributed by atoms with van der Waals surface area (Å²) in [6, 6.07) is 3.63. The van der Waals surface area contributed by atoms with Crippen molar-refractivity contribution in [2.75, 3.05) is 17.3 Å². The van der Waals surface area contributed by atoms with Crippen molar-refractivity contribution in [3.8, 4) is 0 Å². The summed E-state index contributed by atoms with van der Waals surface area (Å²) in [5.41, 5.74) is 0.334. The van der Waals surface area contributed by atoms with Gasteiger partial charge in [0.15, 0.2) is 3.95 Å². The second-order valence-corrected chi connectivity index (χ2v) is 6.06. The van der Waals surface area contributed by atoms with Crippen LogP contribution in [0.5, 0.6) is 0 Å². The van der Waals surface area contributed by atoms with Gasteiger partial charge in [0.25, 0.3) is 0 Å². The zero-order chi connectivity index (χ0) is 17.0. The Morgan fingerprint density at radius 2 is 2.09 bits per heavy atom.